The Bertz CT molecular complexity index is 1830. The molecule has 44 heavy (non-hydrogen) atoms. The van der Waals surface area contributed by atoms with Crippen molar-refractivity contribution in [3.63, 3.8) is 0 Å². The molecule has 1 aromatic heterocycles. The Morgan fingerprint density at radius 2 is 1.93 bits per heavy atom. The Labute approximate surface area is 259 Å². The summed E-state index contributed by atoms with van der Waals surface area (Å²) in [6.45, 7) is 5.84. The van der Waals surface area contributed by atoms with E-state index in [-0.39, 0.29) is 23.6 Å². The lowest BCUT2D eigenvalue weighted by atomic mass is 9.95. The normalized spacial score (nSPS) is 26.2. The van der Waals surface area contributed by atoms with Gasteiger partial charge in [-0.25, -0.2) is 8.78 Å². The van der Waals surface area contributed by atoms with Gasteiger partial charge in [0, 0.05) is 41.9 Å². The molecule has 0 saturated carbocycles. The van der Waals surface area contributed by atoms with Crippen molar-refractivity contribution in [2.24, 2.45) is 0 Å². The van der Waals surface area contributed by atoms with E-state index in [9.17, 15) is 13.6 Å². The van der Waals surface area contributed by atoms with Crippen molar-refractivity contribution in [1.82, 2.24) is 19.8 Å². The van der Waals surface area contributed by atoms with E-state index in [2.05, 4.69) is 28.5 Å². The van der Waals surface area contributed by atoms with Gasteiger partial charge in [0.2, 0.25) is 0 Å². The summed E-state index contributed by atoms with van der Waals surface area (Å²) in [5.41, 5.74) is 2.35. The van der Waals surface area contributed by atoms with Crippen LogP contribution in [0, 0.1) is 0 Å². The number of fused-ring (bicyclic) bond motifs is 4. The standard InChI is InChI=1S/C34H32ClF2N5O2/c1-20(36)32(43)41-14-11-28-29(41)18-42(28)31-25-10-9-22(24-7-2-5-21-6-3-8-26(35)30(21)24)15-27(25)38-33(39-31)44-19-34-12-4-13-40(34)17-23(37)16-34/h2-3,5-10,15,23,28-29H,1,4,11-14,16-19H2/t23-,28-,29-,34+/m1/s1. The first-order valence-electron chi connectivity index (χ1n) is 15.2. The number of aromatic nitrogens is 2. The molecule has 1 amide bonds. The van der Waals surface area contributed by atoms with Crippen LogP contribution in [-0.2, 0) is 4.79 Å². The van der Waals surface area contributed by atoms with E-state index in [4.69, 9.17) is 26.3 Å². The van der Waals surface area contributed by atoms with E-state index in [0.717, 1.165) is 52.5 Å². The Hall–Kier alpha value is -3.82. The molecule has 4 aliphatic heterocycles. The summed E-state index contributed by atoms with van der Waals surface area (Å²) in [6.07, 6.45) is 2.22. The maximum atomic E-state index is 14.5. The fourth-order valence-electron chi connectivity index (χ4n) is 8.00. The van der Waals surface area contributed by atoms with Gasteiger partial charge in [0.1, 0.15) is 18.6 Å². The van der Waals surface area contributed by atoms with Crippen LogP contribution in [0.1, 0.15) is 25.7 Å². The minimum atomic E-state index is -0.934. The molecule has 226 valence electrons. The number of carbonyl (C=O) groups is 1. The number of likely N-dealkylation sites (tertiary alicyclic amines) is 1. The third-order valence-electron chi connectivity index (χ3n) is 10.1. The summed E-state index contributed by atoms with van der Waals surface area (Å²) in [7, 11) is 0. The highest BCUT2D eigenvalue weighted by atomic mass is 35.5. The molecular formula is C34H32ClF2N5O2. The minimum Gasteiger partial charge on any atom is -0.461 e. The molecule has 0 spiro atoms. The van der Waals surface area contributed by atoms with Crippen molar-refractivity contribution in [1.29, 1.82) is 0 Å². The zero-order chi connectivity index (χ0) is 30.2. The van der Waals surface area contributed by atoms with Gasteiger partial charge in [-0.15, -0.1) is 0 Å². The summed E-state index contributed by atoms with van der Waals surface area (Å²) in [5, 5.41) is 3.56. The van der Waals surface area contributed by atoms with Crippen LogP contribution in [0.4, 0.5) is 14.6 Å². The number of halogens is 3. The minimum absolute atomic E-state index is 0.00634. The van der Waals surface area contributed by atoms with Gasteiger partial charge in [-0.1, -0.05) is 54.6 Å². The molecule has 3 aromatic carbocycles. The number of anilines is 1. The summed E-state index contributed by atoms with van der Waals surface area (Å²) in [6, 6.07) is 18.3. The predicted octanol–water partition coefficient (Wildman–Crippen LogP) is 6.33. The molecule has 10 heteroatoms. The second-order valence-corrected chi connectivity index (χ2v) is 13.0. The van der Waals surface area contributed by atoms with Gasteiger partial charge in [0.05, 0.1) is 23.1 Å². The monoisotopic (exact) mass is 615 g/mol. The van der Waals surface area contributed by atoms with Crippen LogP contribution in [0.25, 0.3) is 32.8 Å². The molecule has 8 rings (SSSR count). The van der Waals surface area contributed by atoms with Crippen LogP contribution in [0.2, 0.25) is 5.02 Å². The van der Waals surface area contributed by atoms with Gasteiger partial charge in [0.15, 0.2) is 5.83 Å². The molecule has 4 fully saturated rings. The molecule has 4 saturated heterocycles. The zero-order valence-electron chi connectivity index (χ0n) is 24.2. The molecule has 0 unspecified atom stereocenters. The molecule has 4 aromatic rings. The van der Waals surface area contributed by atoms with Gasteiger partial charge in [0.25, 0.3) is 5.91 Å². The smallest absolute Gasteiger partial charge is 0.319 e. The molecular weight excluding hydrogens is 584 g/mol. The van der Waals surface area contributed by atoms with Crippen LogP contribution in [0.15, 0.2) is 67.0 Å². The van der Waals surface area contributed by atoms with Crippen LogP contribution in [0.5, 0.6) is 6.01 Å². The second kappa shape index (κ2) is 10.4. The summed E-state index contributed by atoms with van der Waals surface area (Å²) in [4.78, 5) is 28.1. The fourth-order valence-corrected chi connectivity index (χ4v) is 8.28. The lowest BCUT2D eigenvalue weighted by molar-refractivity contribution is -0.130. The van der Waals surface area contributed by atoms with Gasteiger partial charge >= 0.3 is 6.01 Å². The molecule has 4 aliphatic rings. The topological polar surface area (TPSA) is 61.8 Å². The number of rotatable bonds is 6. The number of nitrogens with zero attached hydrogens (tertiary/aromatic N) is 5. The Kier molecular flexibility index (Phi) is 6.54. The molecule has 0 N–H and O–H groups in total. The quantitative estimate of drug-likeness (QED) is 0.236. The summed E-state index contributed by atoms with van der Waals surface area (Å²) < 4.78 is 34.5. The van der Waals surface area contributed by atoms with Crippen molar-refractivity contribution < 1.29 is 18.3 Å². The Balaban J connectivity index is 1.19. The van der Waals surface area contributed by atoms with Crippen LogP contribution in [-0.4, -0.2) is 82.3 Å². The molecule has 0 bridgehead atoms. The van der Waals surface area contributed by atoms with Gasteiger partial charge in [-0.2, -0.15) is 9.97 Å². The molecule has 0 radical (unpaired) electrons. The zero-order valence-corrected chi connectivity index (χ0v) is 24.9. The number of ether oxygens (including phenoxy) is 1. The van der Waals surface area contributed by atoms with Gasteiger partial charge in [-0.3, -0.25) is 9.69 Å². The average molecular weight is 616 g/mol. The highest BCUT2D eigenvalue weighted by molar-refractivity contribution is 6.36. The van der Waals surface area contributed by atoms with Crippen molar-refractivity contribution >= 4 is 45.0 Å². The summed E-state index contributed by atoms with van der Waals surface area (Å²) >= 11 is 6.67. The molecule has 7 nitrogen and oxygen atoms in total. The highest BCUT2D eigenvalue weighted by Gasteiger charge is 2.51. The van der Waals surface area contributed by atoms with Crippen molar-refractivity contribution in [2.45, 2.75) is 49.5 Å². The fraction of sp³-hybridized carbons (Fsp3) is 0.382. The molecule has 0 aliphatic carbocycles. The highest BCUT2D eigenvalue weighted by Crippen LogP contribution is 2.43. The van der Waals surface area contributed by atoms with E-state index in [1.807, 2.05) is 42.5 Å². The number of alkyl halides is 1. The largest absolute Gasteiger partial charge is 0.461 e. The number of carbonyl (C=O) groups excluding carboxylic acids is 1. The van der Waals surface area contributed by atoms with E-state index < -0.39 is 17.9 Å². The number of amides is 1. The van der Waals surface area contributed by atoms with Crippen LogP contribution in [0.3, 0.4) is 0 Å². The molecule has 5 heterocycles. The average Bonchev–Trinajstić information content (AvgIpc) is 3.64. The maximum Gasteiger partial charge on any atom is 0.319 e. The third kappa shape index (κ3) is 4.35. The number of hydrogen-bond acceptors (Lipinski definition) is 6. The second-order valence-electron chi connectivity index (χ2n) is 12.5. The molecule has 4 atom stereocenters. The summed E-state index contributed by atoms with van der Waals surface area (Å²) in [5.74, 6) is -0.857. The van der Waals surface area contributed by atoms with Crippen LogP contribution >= 0.6 is 11.6 Å². The van der Waals surface area contributed by atoms with Crippen molar-refractivity contribution in [3.8, 4) is 17.1 Å². The van der Waals surface area contributed by atoms with E-state index in [0.29, 0.717) is 49.6 Å². The van der Waals surface area contributed by atoms with Crippen molar-refractivity contribution in [3.05, 3.63) is 72.0 Å². The van der Waals surface area contributed by atoms with Crippen molar-refractivity contribution in [2.75, 3.05) is 37.7 Å². The first-order valence-corrected chi connectivity index (χ1v) is 15.6. The Morgan fingerprint density at radius 3 is 2.77 bits per heavy atom. The maximum absolute atomic E-state index is 14.5. The third-order valence-corrected chi connectivity index (χ3v) is 10.4. The van der Waals surface area contributed by atoms with E-state index >= 15 is 0 Å². The van der Waals surface area contributed by atoms with Crippen LogP contribution < -0.4 is 9.64 Å². The number of benzene rings is 3. The van der Waals surface area contributed by atoms with Gasteiger partial charge in [-0.05, 0) is 60.5 Å². The first kappa shape index (κ1) is 27.7. The lowest BCUT2D eigenvalue weighted by Gasteiger charge is -2.47. The lowest BCUT2D eigenvalue weighted by Crippen LogP contribution is -2.63. The van der Waals surface area contributed by atoms with Gasteiger partial charge < -0.3 is 14.5 Å². The first-order chi connectivity index (χ1) is 21.3. The predicted molar refractivity (Wildman–Crippen MR) is 168 cm³/mol. The van der Waals surface area contributed by atoms with E-state index in [1.54, 1.807) is 4.90 Å². The number of hydrogen-bond donors (Lipinski definition) is 0. The van der Waals surface area contributed by atoms with E-state index in [1.165, 1.54) is 0 Å². The Morgan fingerprint density at radius 1 is 1.09 bits per heavy atom. The SMILES string of the molecule is C=C(F)C(=O)N1CC[C@@H]2[C@H]1CN2c1nc(OC[C@@]23CCCN2C[C@H](F)C3)nc2cc(-c3cccc4cccc(Cl)c34)ccc12.